The minimum atomic E-state index is 0. The maximum absolute atomic E-state index is 3.38. The first-order valence-electron chi connectivity index (χ1n) is 1.16. The van der Waals surface area contributed by atoms with Crippen molar-refractivity contribution in [3.8, 4) is 0 Å². The minimum Gasteiger partial charge on any atom is -0.177 e. The normalized spacial score (nSPS) is 6.67. The van der Waals surface area contributed by atoms with Gasteiger partial charge in [-0.1, -0.05) is 5.21 Å². The number of aromatic amines is 1. The molecule has 1 aromatic rings. The van der Waals surface area contributed by atoms with E-state index in [0.29, 0.717) is 0 Å². The van der Waals surface area contributed by atoms with Crippen molar-refractivity contribution in [3.63, 3.8) is 0 Å². The Morgan fingerprint density at radius 2 is 2.33 bits per heavy atom. The van der Waals surface area contributed by atoms with Crippen LogP contribution >= 0.6 is 0 Å². The van der Waals surface area contributed by atoms with E-state index in [-0.39, 0.29) is 17.1 Å². The van der Waals surface area contributed by atoms with E-state index in [2.05, 4.69) is 20.6 Å². The summed E-state index contributed by atoms with van der Waals surface area (Å²) in [6.45, 7) is 0. The van der Waals surface area contributed by atoms with Crippen LogP contribution in [0, 0.1) is 0 Å². The van der Waals surface area contributed by atoms with Gasteiger partial charge in [0.25, 0.3) is 0 Å². The molecule has 1 heterocycles. The van der Waals surface area contributed by atoms with Crippen molar-refractivity contribution in [2.75, 3.05) is 0 Å². The van der Waals surface area contributed by atoms with E-state index in [1.165, 1.54) is 6.33 Å². The summed E-state index contributed by atoms with van der Waals surface area (Å²) in [5.41, 5.74) is 0. The van der Waals surface area contributed by atoms with Crippen molar-refractivity contribution in [3.05, 3.63) is 6.33 Å². The van der Waals surface area contributed by atoms with Gasteiger partial charge in [0.05, 0.1) is 0 Å². The number of aromatic nitrogens is 4. The van der Waals surface area contributed by atoms with Gasteiger partial charge in [-0.3, -0.25) is 0 Å². The Bertz CT molecular complexity index is 64.0. The van der Waals surface area contributed by atoms with Gasteiger partial charge < -0.3 is 0 Å². The van der Waals surface area contributed by atoms with Gasteiger partial charge in [0.15, 0.2) is 6.33 Å². The van der Waals surface area contributed by atoms with E-state index in [4.69, 9.17) is 0 Å². The summed E-state index contributed by atoms with van der Waals surface area (Å²) in [5.74, 6) is 0. The van der Waals surface area contributed by atoms with Crippen molar-refractivity contribution in [2.45, 2.75) is 0 Å². The number of nitrogens with one attached hydrogen (secondary N) is 1. The topological polar surface area (TPSA) is 54.5 Å². The van der Waals surface area contributed by atoms with Gasteiger partial charge in [0.2, 0.25) is 0 Å². The van der Waals surface area contributed by atoms with E-state index in [9.17, 15) is 0 Å². The zero-order chi connectivity index (χ0) is 3.54. The van der Waals surface area contributed by atoms with Crippen molar-refractivity contribution >= 4 is 0 Å². The third-order valence-corrected chi connectivity index (χ3v) is 0.270. The molecule has 0 spiro atoms. The Kier molecular flexibility index (Phi) is 2.62. The Morgan fingerprint density at radius 3 is 2.50 bits per heavy atom. The predicted octanol–water partition coefficient (Wildman–Crippen LogP) is -0.803. The van der Waals surface area contributed by atoms with Gasteiger partial charge in [-0.15, -0.1) is 10.2 Å². The zero-order valence-corrected chi connectivity index (χ0v) is 3.98. The molecule has 0 aliphatic carbocycles. The third kappa shape index (κ3) is 1.14. The maximum atomic E-state index is 3.38. The molecule has 0 aliphatic rings. The molecule has 0 aliphatic heterocycles. The Hall–Kier alpha value is -0.411. The Balaban J connectivity index is 0.000000250. The van der Waals surface area contributed by atoms with Crippen LogP contribution in [-0.4, -0.2) is 20.6 Å². The minimum absolute atomic E-state index is 0. The second kappa shape index (κ2) is 2.81. The van der Waals surface area contributed by atoms with E-state index in [0.717, 1.165) is 0 Å². The fraction of sp³-hybridized carbons (Fsp3) is 0. The SMILES string of the molecule is [Mn+2].c1nn[nH]n1. The molecular weight excluding hydrogens is 123 g/mol. The smallest absolute Gasteiger partial charge is 0.177 e. The molecule has 1 radical (unpaired) electrons. The molecule has 0 saturated heterocycles. The van der Waals surface area contributed by atoms with Crippen LogP contribution in [0.1, 0.15) is 0 Å². The molecule has 0 aromatic carbocycles. The van der Waals surface area contributed by atoms with Crippen LogP contribution in [0.2, 0.25) is 0 Å². The molecule has 0 saturated carbocycles. The van der Waals surface area contributed by atoms with Crippen molar-refractivity contribution in [1.29, 1.82) is 0 Å². The molecular formula is CH2MnN4+2. The molecule has 1 aromatic heterocycles. The van der Waals surface area contributed by atoms with Crippen LogP contribution in [0.4, 0.5) is 0 Å². The molecule has 0 fully saturated rings. The monoisotopic (exact) mass is 125 g/mol. The van der Waals surface area contributed by atoms with Gasteiger partial charge in [-0.05, 0) is 0 Å². The number of tetrazole rings is 1. The first-order valence-corrected chi connectivity index (χ1v) is 1.16. The van der Waals surface area contributed by atoms with Crippen LogP contribution in [0.15, 0.2) is 6.33 Å². The molecule has 5 heteroatoms. The second-order valence-electron chi connectivity index (χ2n) is 0.560. The molecule has 1 N–H and O–H groups in total. The van der Waals surface area contributed by atoms with Crippen molar-refractivity contribution in [1.82, 2.24) is 20.6 Å². The fourth-order valence-electron chi connectivity index (χ4n) is 0.129. The van der Waals surface area contributed by atoms with Crippen LogP contribution in [0.25, 0.3) is 0 Å². The summed E-state index contributed by atoms with van der Waals surface area (Å²) in [7, 11) is 0. The summed E-state index contributed by atoms with van der Waals surface area (Å²) in [6, 6.07) is 0. The third-order valence-electron chi connectivity index (χ3n) is 0.270. The van der Waals surface area contributed by atoms with E-state index in [1.807, 2.05) is 0 Å². The summed E-state index contributed by atoms with van der Waals surface area (Å²) < 4.78 is 0. The molecule has 31 valence electrons. The number of rotatable bonds is 0. The number of nitrogens with zero attached hydrogens (tertiary/aromatic N) is 3. The van der Waals surface area contributed by atoms with Gasteiger partial charge >= 0.3 is 17.1 Å². The molecule has 4 nitrogen and oxygen atoms in total. The summed E-state index contributed by atoms with van der Waals surface area (Å²) in [6.07, 6.45) is 1.33. The summed E-state index contributed by atoms with van der Waals surface area (Å²) in [4.78, 5) is 0. The number of hydrogen-bond acceptors (Lipinski definition) is 3. The first-order chi connectivity index (χ1) is 2.50. The second-order valence-corrected chi connectivity index (χ2v) is 0.560. The summed E-state index contributed by atoms with van der Waals surface area (Å²) >= 11 is 0. The van der Waals surface area contributed by atoms with Gasteiger partial charge in [-0.25, -0.2) is 0 Å². The van der Waals surface area contributed by atoms with Crippen LogP contribution in [0.5, 0.6) is 0 Å². The standard InChI is InChI=1S/CH2N4.Mn/c1-2-4-5-3-1;/h1H,(H,2,3,4,5);/q;+2. The molecule has 6 heavy (non-hydrogen) atoms. The van der Waals surface area contributed by atoms with Crippen molar-refractivity contribution < 1.29 is 17.1 Å². The Labute approximate surface area is 44.8 Å². The largest absolute Gasteiger partial charge is 2.00 e. The van der Waals surface area contributed by atoms with Gasteiger partial charge in [-0.2, -0.15) is 5.21 Å². The van der Waals surface area contributed by atoms with Crippen LogP contribution in [-0.2, 0) is 17.1 Å². The maximum Gasteiger partial charge on any atom is 2.00 e. The average Bonchev–Trinajstić information content (AvgIpc) is 1.76. The summed E-state index contributed by atoms with van der Waals surface area (Å²) in [5, 5.41) is 12.2. The quantitative estimate of drug-likeness (QED) is 0.461. The van der Waals surface area contributed by atoms with Crippen LogP contribution < -0.4 is 0 Å². The van der Waals surface area contributed by atoms with Crippen molar-refractivity contribution in [2.24, 2.45) is 0 Å². The molecule has 0 bridgehead atoms. The average molecular weight is 125 g/mol. The van der Waals surface area contributed by atoms with E-state index >= 15 is 0 Å². The Morgan fingerprint density at radius 1 is 1.50 bits per heavy atom. The molecule has 0 atom stereocenters. The number of hydrogen-bond donors (Lipinski definition) is 1. The first kappa shape index (κ1) is 5.59. The van der Waals surface area contributed by atoms with E-state index < -0.39 is 0 Å². The predicted molar refractivity (Wildman–Crippen MR) is 14.2 cm³/mol. The molecule has 0 unspecified atom stereocenters. The van der Waals surface area contributed by atoms with Crippen LogP contribution in [0.3, 0.4) is 0 Å². The fourth-order valence-corrected chi connectivity index (χ4v) is 0.129. The van der Waals surface area contributed by atoms with E-state index in [1.54, 1.807) is 0 Å². The molecule has 1 rings (SSSR count). The van der Waals surface area contributed by atoms with Gasteiger partial charge in [0.1, 0.15) is 0 Å². The zero-order valence-electron chi connectivity index (χ0n) is 2.80. The number of H-pyrrole nitrogens is 1. The van der Waals surface area contributed by atoms with Gasteiger partial charge in [0, 0.05) is 0 Å². The molecule has 0 amide bonds.